The number of carbonyl (C=O) groups is 1. The second kappa shape index (κ2) is 9.75. The van der Waals surface area contributed by atoms with Crippen LogP contribution in [0.2, 0.25) is 0 Å². The minimum absolute atomic E-state index is 0.00396. The summed E-state index contributed by atoms with van der Waals surface area (Å²) >= 11 is 1.64. The van der Waals surface area contributed by atoms with Gasteiger partial charge in [-0.05, 0) is 74.2 Å². The van der Waals surface area contributed by atoms with Crippen molar-refractivity contribution < 1.29 is 9.18 Å². The van der Waals surface area contributed by atoms with Gasteiger partial charge in [0.15, 0.2) is 0 Å². The molecule has 1 unspecified atom stereocenters. The number of thiophene rings is 1. The van der Waals surface area contributed by atoms with Gasteiger partial charge in [0.25, 0.3) is 5.91 Å². The summed E-state index contributed by atoms with van der Waals surface area (Å²) in [6.45, 7) is 6.42. The Kier molecular flexibility index (Phi) is 6.83. The van der Waals surface area contributed by atoms with E-state index in [0.717, 1.165) is 54.4 Å². The first-order valence-electron chi connectivity index (χ1n) is 11.0. The van der Waals surface area contributed by atoms with Gasteiger partial charge >= 0.3 is 0 Å². The van der Waals surface area contributed by atoms with Gasteiger partial charge in [-0.2, -0.15) is 0 Å². The third kappa shape index (κ3) is 5.05. The fraction of sp³-hybridized carbons (Fsp3) is 0.346. The van der Waals surface area contributed by atoms with Gasteiger partial charge in [0.1, 0.15) is 10.8 Å². The molecule has 0 aliphatic carbocycles. The maximum atomic E-state index is 13.7. The van der Waals surface area contributed by atoms with Crippen LogP contribution in [0.5, 0.6) is 0 Å². The number of amides is 1. The molecule has 0 spiro atoms. The van der Waals surface area contributed by atoms with Gasteiger partial charge in [-0.15, -0.1) is 11.3 Å². The Hall–Kier alpha value is -2.50. The minimum atomic E-state index is -0.230. The molecule has 2 heterocycles. The van der Waals surface area contributed by atoms with E-state index in [2.05, 4.69) is 30.1 Å². The van der Waals surface area contributed by atoms with Crippen molar-refractivity contribution in [2.24, 2.45) is 5.92 Å². The lowest BCUT2D eigenvalue weighted by Crippen LogP contribution is -2.37. The van der Waals surface area contributed by atoms with Gasteiger partial charge in [0.2, 0.25) is 0 Å². The zero-order valence-corrected chi connectivity index (χ0v) is 18.9. The monoisotopic (exact) mass is 436 g/mol. The molecule has 0 radical (unpaired) electrons. The first-order chi connectivity index (χ1) is 15.0. The number of aryl methyl sites for hydroxylation is 1. The normalized spacial score (nSPS) is 16.2. The Balaban J connectivity index is 1.72. The molecule has 1 saturated heterocycles. The number of piperidine rings is 1. The van der Waals surface area contributed by atoms with Crippen LogP contribution in [-0.4, -0.2) is 23.9 Å². The largest absolute Gasteiger partial charge is 0.313 e. The van der Waals surface area contributed by atoms with Crippen LogP contribution in [0.25, 0.3) is 0 Å². The molecular weight excluding hydrogens is 407 g/mol. The van der Waals surface area contributed by atoms with Crippen LogP contribution in [-0.2, 0) is 6.42 Å². The Labute approximate surface area is 187 Å². The molecule has 4 rings (SSSR count). The smallest absolute Gasteiger partial charge is 0.256 e. The highest BCUT2D eigenvalue weighted by molar-refractivity contribution is 7.16. The number of rotatable bonds is 6. The summed E-state index contributed by atoms with van der Waals surface area (Å²) < 4.78 is 13.7. The van der Waals surface area contributed by atoms with Crippen LogP contribution in [0.15, 0.2) is 60.7 Å². The number of likely N-dealkylation sites (tertiary alicyclic amines) is 1. The van der Waals surface area contributed by atoms with Crippen molar-refractivity contribution in [2.45, 2.75) is 39.2 Å². The first-order valence-corrected chi connectivity index (χ1v) is 11.8. The molecule has 1 aliphatic rings. The van der Waals surface area contributed by atoms with E-state index in [4.69, 9.17) is 0 Å². The SMILES string of the molecule is CCc1cc(C(c2ccc(F)cc2)N2CCC(C)CC2)c(NC(=O)c2ccccc2)s1. The van der Waals surface area contributed by atoms with Crippen molar-refractivity contribution in [1.82, 2.24) is 4.90 Å². The predicted molar refractivity (Wildman–Crippen MR) is 126 cm³/mol. The van der Waals surface area contributed by atoms with Gasteiger partial charge in [0.05, 0.1) is 6.04 Å². The van der Waals surface area contributed by atoms with E-state index in [9.17, 15) is 9.18 Å². The van der Waals surface area contributed by atoms with Crippen molar-refractivity contribution in [2.75, 3.05) is 18.4 Å². The van der Waals surface area contributed by atoms with Crippen LogP contribution in [0.1, 0.15) is 59.1 Å². The molecule has 1 amide bonds. The summed E-state index contributed by atoms with van der Waals surface area (Å²) in [5.74, 6) is 0.388. The van der Waals surface area contributed by atoms with E-state index in [1.807, 2.05) is 42.5 Å². The Morgan fingerprint density at radius 2 is 1.81 bits per heavy atom. The van der Waals surface area contributed by atoms with Gasteiger partial charge in [-0.25, -0.2) is 4.39 Å². The lowest BCUT2D eigenvalue weighted by molar-refractivity contribution is 0.102. The Morgan fingerprint density at radius 1 is 1.13 bits per heavy atom. The summed E-state index contributed by atoms with van der Waals surface area (Å²) in [4.78, 5) is 16.6. The van der Waals surface area contributed by atoms with Gasteiger partial charge in [-0.3, -0.25) is 9.69 Å². The van der Waals surface area contributed by atoms with Gasteiger partial charge < -0.3 is 5.32 Å². The van der Waals surface area contributed by atoms with Crippen LogP contribution in [0, 0.1) is 11.7 Å². The van der Waals surface area contributed by atoms with Crippen LogP contribution in [0.3, 0.4) is 0 Å². The summed E-state index contributed by atoms with van der Waals surface area (Å²) in [6.07, 6.45) is 3.20. The lowest BCUT2D eigenvalue weighted by atomic mass is 9.92. The molecule has 0 saturated carbocycles. The van der Waals surface area contributed by atoms with E-state index in [0.29, 0.717) is 5.56 Å². The highest BCUT2D eigenvalue weighted by Gasteiger charge is 2.29. The van der Waals surface area contributed by atoms with Crippen molar-refractivity contribution in [3.8, 4) is 0 Å². The number of hydrogen-bond donors (Lipinski definition) is 1. The van der Waals surface area contributed by atoms with Crippen LogP contribution in [0.4, 0.5) is 9.39 Å². The lowest BCUT2D eigenvalue weighted by Gasteiger charge is -2.37. The van der Waals surface area contributed by atoms with Crippen molar-refractivity contribution in [3.05, 3.63) is 88.0 Å². The van der Waals surface area contributed by atoms with E-state index >= 15 is 0 Å². The molecule has 1 aliphatic heterocycles. The number of halogens is 1. The Bertz CT molecular complexity index is 1010. The molecule has 162 valence electrons. The van der Waals surface area contributed by atoms with Crippen molar-refractivity contribution in [1.29, 1.82) is 0 Å². The molecule has 2 aromatic carbocycles. The van der Waals surface area contributed by atoms with E-state index in [-0.39, 0.29) is 17.8 Å². The second-order valence-corrected chi connectivity index (χ2v) is 9.48. The minimum Gasteiger partial charge on any atom is -0.313 e. The molecule has 1 N–H and O–H groups in total. The average Bonchev–Trinajstić information content (AvgIpc) is 3.19. The number of nitrogens with zero attached hydrogens (tertiary/aromatic N) is 1. The fourth-order valence-corrected chi connectivity index (χ4v) is 5.24. The number of carbonyl (C=O) groups excluding carboxylic acids is 1. The van der Waals surface area contributed by atoms with Crippen LogP contribution < -0.4 is 5.32 Å². The average molecular weight is 437 g/mol. The topological polar surface area (TPSA) is 32.3 Å². The number of hydrogen-bond acceptors (Lipinski definition) is 3. The summed E-state index contributed by atoms with van der Waals surface area (Å²) in [6, 6.07) is 18.3. The summed E-state index contributed by atoms with van der Waals surface area (Å²) in [5.41, 5.74) is 2.81. The molecule has 1 fully saturated rings. The highest BCUT2D eigenvalue weighted by atomic mass is 32.1. The zero-order chi connectivity index (χ0) is 21.8. The zero-order valence-electron chi connectivity index (χ0n) is 18.1. The van der Waals surface area contributed by atoms with Gasteiger partial charge in [0, 0.05) is 16.0 Å². The first kappa shape index (κ1) is 21.7. The van der Waals surface area contributed by atoms with E-state index in [1.165, 1.54) is 17.0 Å². The maximum Gasteiger partial charge on any atom is 0.256 e. The molecular formula is C26H29FN2OS. The van der Waals surface area contributed by atoms with E-state index in [1.54, 1.807) is 11.3 Å². The molecule has 1 atom stereocenters. The quantitative estimate of drug-likeness (QED) is 0.477. The molecule has 1 aromatic heterocycles. The predicted octanol–water partition coefficient (Wildman–Crippen LogP) is 6.52. The molecule has 5 heteroatoms. The standard InChI is InChI=1S/C26H29FN2OS/c1-3-22-17-23(26(31-22)28-25(30)20-7-5-4-6-8-20)24(19-9-11-21(27)12-10-19)29-15-13-18(2)14-16-29/h4-12,17-18,24H,3,13-16H2,1-2H3,(H,28,30). The van der Waals surface area contributed by atoms with Crippen LogP contribution >= 0.6 is 11.3 Å². The molecule has 0 bridgehead atoms. The maximum absolute atomic E-state index is 13.7. The molecule has 3 aromatic rings. The molecule has 3 nitrogen and oxygen atoms in total. The number of benzene rings is 2. The third-order valence-electron chi connectivity index (χ3n) is 6.09. The van der Waals surface area contributed by atoms with Crippen molar-refractivity contribution >= 4 is 22.2 Å². The van der Waals surface area contributed by atoms with E-state index < -0.39 is 0 Å². The fourth-order valence-electron chi connectivity index (χ4n) is 4.22. The highest BCUT2D eigenvalue weighted by Crippen LogP contribution is 2.41. The Morgan fingerprint density at radius 3 is 2.45 bits per heavy atom. The van der Waals surface area contributed by atoms with Crippen molar-refractivity contribution in [3.63, 3.8) is 0 Å². The number of anilines is 1. The van der Waals surface area contributed by atoms with Gasteiger partial charge in [-0.1, -0.05) is 44.2 Å². The number of nitrogens with one attached hydrogen (secondary N) is 1. The molecule has 31 heavy (non-hydrogen) atoms. The summed E-state index contributed by atoms with van der Waals surface area (Å²) in [7, 11) is 0. The summed E-state index contributed by atoms with van der Waals surface area (Å²) in [5, 5.41) is 4.06. The second-order valence-electron chi connectivity index (χ2n) is 8.34. The third-order valence-corrected chi connectivity index (χ3v) is 7.30.